The fourth-order valence-electron chi connectivity index (χ4n) is 3.02. The van der Waals surface area contributed by atoms with Crippen molar-refractivity contribution in [2.75, 3.05) is 13.1 Å². The van der Waals surface area contributed by atoms with Gasteiger partial charge in [0.05, 0.1) is 6.04 Å². The van der Waals surface area contributed by atoms with Crippen molar-refractivity contribution < 1.29 is 4.79 Å². The van der Waals surface area contributed by atoms with Crippen LogP contribution in [0.3, 0.4) is 0 Å². The van der Waals surface area contributed by atoms with E-state index >= 15 is 0 Å². The van der Waals surface area contributed by atoms with Gasteiger partial charge in [-0.3, -0.25) is 4.98 Å². The monoisotopic (exact) mass is 315 g/mol. The summed E-state index contributed by atoms with van der Waals surface area (Å²) < 4.78 is 0. The summed E-state index contributed by atoms with van der Waals surface area (Å²) in [7, 11) is 0. The van der Waals surface area contributed by atoms with Crippen LogP contribution < -0.4 is 5.32 Å². The van der Waals surface area contributed by atoms with E-state index in [0.29, 0.717) is 6.54 Å². The molecule has 3 heterocycles. The lowest BCUT2D eigenvalue weighted by Gasteiger charge is -2.35. The maximum Gasteiger partial charge on any atom is 0.317 e. The third kappa shape index (κ3) is 3.14. The third-order valence-electron chi connectivity index (χ3n) is 4.13. The van der Waals surface area contributed by atoms with Crippen molar-refractivity contribution in [2.45, 2.75) is 32.2 Å². The Morgan fingerprint density at radius 2 is 2.36 bits per heavy atom. The Bertz CT molecular complexity index is 626. The molecular formula is C17H21N3OS. The zero-order valence-corrected chi connectivity index (χ0v) is 13.6. The Labute approximate surface area is 135 Å². The van der Waals surface area contributed by atoms with Crippen molar-refractivity contribution in [2.24, 2.45) is 0 Å². The van der Waals surface area contributed by atoms with E-state index in [2.05, 4.69) is 28.7 Å². The normalized spacial score (nSPS) is 17.1. The number of aromatic nitrogens is 1. The van der Waals surface area contributed by atoms with Gasteiger partial charge in [0.25, 0.3) is 0 Å². The zero-order valence-electron chi connectivity index (χ0n) is 12.8. The molecule has 1 N–H and O–H groups in total. The van der Waals surface area contributed by atoms with Gasteiger partial charge in [-0.25, -0.2) is 4.79 Å². The second kappa shape index (κ2) is 6.92. The molecule has 2 amide bonds. The van der Waals surface area contributed by atoms with Crippen LogP contribution in [-0.4, -0.2) is 29.0 Å². The highest BCUT2D eigenvalue weighted by Gasteiger charge is 2.29. The van der Waals surface area contributed by atoms with E-state index in [9.17, 15) is 4.79 Å². The number of thiophene rings is 1. The number of hydrogen-bond acceptors (Lipinski definition) is 3. The van der Waals surface area contributed by atoms with Crippen molar-refractivity contribution in [3.05, 3.63) is 52.0 Å². The molecule has 0 radical (unpaired) electrons. The van der Waals surface area contributed by atoms with E-state index in [1.54, 1.807) is 17.5 Å². The second-order valence-electron chi connectivity index (χ2n) is 5.47. The van der Waals surface area contributed by atoms with E-state index < -0.39 is 0 Å². The maximum atomic E-state index is 12.5. The molecule has 0 saturated carbocycles. The van der Waals surface area contributed by atoms with E-state index in [4.69, 9.17) is 0 Å². The van der Waals surface area contributed by atoms with Crippen molar-refractivity contribution in [1.29, 1.82) is 0 Å². The first kappa shape index (κ1) is 15.0. The topological polar surface area (TPSA) is 45.2 Å². The predicted octanol–water partition coefficient (Wildman–Crippen LogP) is 3.40. The standard InChI is InChI=1S/C17H21N3OS/c1-2-15-14-8-12-22-16(14)7-11-20(15)17(21)19-10-6-13-5-3-4-9-18-13/h3-5,8-9,12,15H,2,6-7,10-11H2,1H3,(H,19,21)/t15-/m1/s1. The predicted molar refractivity (Wildman–Crippen MR) is 89.1 cm³/mol. The molecule has 0 spiro atoms. The van der Waals surface area contributed by atoms with Crippen LogP contribution in [0.1, 0.15) is 35.5 Å². The van der Waals surface area contributed by atoms with Crippen molar-refractivity contribution in [3.8, 4) is 0 Å². The lowest BCUT2D eigenvalue weighted by atomic mass is 9.98. The molecule has 0 aliphatic carbocycles. The van der Waals surface area contributed by atoms with Crippen LogP contribution in [0.5, 0.6) is 0 Å². The molecule has 1 aliphatic heterocycles. The molecule has 4 nitrogen and oxygen atoms in total. The molecule has 0 unspecified atom stereocenters. The molecular weight excluding hydrogens is 294 g/mol. The highest BCUT2D eigenvalue weighted by Crippen LogP contribution is 2.34. The molecule has 2 aromatic heterocycles. The first-order valence-electron chi connectivity index (χ1n) is 7.80. The molecule has 1 aliphatic rings. The molecule has 22 heavy (non-hydrogen) atoms. The van der Waals surface area contributed by atoms with E-state index in [1.165, 1.54) is 10.4 Å². The van der Waals surface area contributed by atoms with Gasteiger partial charge in [0, 0.05) is 36.3 Å². The van der Waals surface area contributed by atoms with Gasteiger partial charge in [-0.15, -0.1) is 11.3 Å². The Balaban J connectivity index is 1.58. The van der Waals surface area contributed by atoms with Gasteiger partial charge in [0.1, 0.15) is 0 Å². The number of rotatable bonds is 4. The fourth-order valence-corrected chi connectivity index (χ4v) is 3.95. The smallest absolute Gasteiger partial charge is 0.317 e. The molecule has 0 saturated heterocycles. The van der Waals surface area contributed by atoms with Crippen molar-refractivity contribution in [3.63, 3.8) is 0 Å². The highest BCUT2D eigenvalue weighted by atomic mass is 32.1. The van der Waals surface area contributed by atoms with Crippen molar-refractivity contribution in [1.82, 2.24) is 15.2 Å². The fraction of sp³-hybridized carbons (Fsp3) is 0.412. The molecule has 0 fully saturated rings. The number of pyridine rings is 1. The second-order valence-corrected chi connectivity index (χ2v) is 6.47. The number of fused-ring (bicyclic) bond motifs is 1. The van der Waals surface area contributed by atoms with Gasteiger partial charge >= 0.3 is 6.03 Å². The maximum absolute atomic E-state index is 12.5. The SMILES string of the molecule is CC[C@@H]1c2ccsc2CCN1C(=O)NCCc1ccccn1. The van der Waals surface area contributed by atoms with Gasteiger partial charge in [-0.05, 0) is 42.0 Å². The first-order valence-corrected chi connectivity index (χ1v) is 8.68. The summed E-state index contributed by atoms with van der Waals surface area (Å²) in [6.07, 6.45) is 4.47. The minimum atomic E-state index is 0.0413. The highest BCUT2D eigenvalue weighted by molar-refractivity contribution is 7.10. The van der Waals surface area contributed by atoms with Crippen LogP contribution in [0, 0.1) is 0 Å². The Kier molecular flexibility index (Phi) is 4.73. The molecule has 0 aromatic carbocycles. The number of amides is 2. The number of hydrogen-bond donors (Lipinski definition) is 1. The van der Waals surface area contributed by atoms with Crippen LogP contribution in [0.15, 0.2) is 35.8 Å². The van der Waals surface area contributed by atoms with Gasteiger partial charge < -0.3 is 10.2 Å². The third-order valence-corrected chi connectivity index (χ3v) is 5.12. The van der Waals surface area contributed by atoms with Gasteiger partial charge in [0.2, 0.25) is 0 Å². The Hall–Kier alpha value is -1.88. The molecule has 3 rings (SSSR count). The number of nitrogens with zero attached hydrogens (tertiary/aromatic N) is 2. The van der Waals surface area contributed by atoms with Crippen LogP contribution in [0.4, 0.5) is 4.79 Å². The first-order chi connectivity index (χ1) is 10.8. The molecule has 2 aromatic rings. The number of carbonyl (C=O) groups is 1. The molecule has 116 valence electrons. The lowest BCUT2D eigenvalue weighted by molar-refractivity contribution is 0.168. The van der Waals surface area contributed by atoms with Gasteiger partial charge in [-0.2, -0.15) is 0 Å². The minimum absolute atomic E-state index is 0.0413. The summed E-state index contributed by atoms with van der Waals surface area (Å²) in [5.41, 5.74) is 2.34. The molecule has 5 heteroatoms. The minimum Gasteiger partial charge on any atom is -0.338 e. The summed E-state index contributed by atoms with van der Waals surface area (Å²) >= 11 is 1.81. The largest absolute Gasteiger partial charge is 0.338 e. The van der Waals surface area contributed by atoms with Crippen LogP contribution in [0.2, 0.25) is 0 Å². The molecule has 1 atom stereocenters. The van der Waals surface area contributed by atoms with E-state index in [1.807, 2.05) is 23.1 Å². The van der Waals surface area contributed by atoms with E-state index in [0.717, 1.165) is 31.5 Å². The lowest BCUT2D eigenvalue weighted by Crippen LogP contribution is -2.45. The zero-order chi connectivity index (χ0) is 15.4. The van der Waals surface area contributed by atoms with Crippen LogP contribution in [-0.2, 0) is 12.8 Å². The number of nitrogens with one attached hydrogen (secondary N) is 1. The summed E-state index contributed by atoms with van der Waals surface area (Å²) in [6.45, 7) is 3.58. The van der Waals surface area contributed by atoms with Crippen LogP contribution >= 0.6 is 11.3 Å². The quantitative estimate of drug-likeness (QED) is 0.940. The summed E-state index contributed by atoms with van der Waals surface area (Å²) in [6, 6.07) is 8.28. The molecule has 0 bridgehead atoms. The Morgan fingerprint density at radius 1 is 1.45 bits per heavy atom. The average Bonchev–Trinajstić information content (AvgIpc) is 3.03. The average molecular weight is 315 g/mol. The summed E-state index contributed by atoms with van der Waals surface area (Å²) in [5, 5.41) is 5.17. The summed E-state index contributed by atoms with van der Waals surface area (Å²) in [4.78, 5) is 20.2. The Morgan fingerprint density at radius 3 is 3.14 bits per heavy atom. The number of carbonyl (C=O) groups excluding carboxylic acids is 1. The number of urea groups is 1. The summed E-state index contributed by atoms with van der Waals surface area (Å²) in [5.74, 6) is 0. The van der Waals surface area contributed by atoms with Crippen molar-refractivity contribution >= 4 is 17.4 Å². The van der Waals surface area contributed by atoms with Gasteiger partial charge in [-0.1, -0.05) is 13.0 Å². The van der Waals surface area contributed by atoms with Crippen LogP contribution in [0.25, 0.3) is 0 Å². The van der Waals surface area contributed by atoms with E-state index in [-0.39, 0.29) is 12.1 Å². The van der Waals surface area contributed by atoms with Gasteiger partial charge in [0.15, 0.2) is 0 Å².